The second kappa shape index (κ2) is 8.23. The summed E-state index contributed by atoms with van der Waals surface area (Å²) in [6.45, 7) is 2.73. The molecule has 0 radical (unpaired) electrons. The molecule has 0 saturated carbocycles. The zero-order valence-corrected chi connectivity index (χ0v) is 15.3. The zero-order valence-electron chi connectivity index (χ0n) is 12.9. The monoisotopic (exact) mass is 403 g/mol. The van der Waals surface area contributed by atoms with Gasteiger partial charge in [0, 0.05) is 17.6 Å². The molecular weight excluding hydrogens is 382 g/mol. The molecule has 1 aliphatic heterocycles. The minimum Gasteiger partial charge on any atom is -0.369 e. The summed E-state index contributed by atoms with van der Waals surface area (Å²) in [5, 5.41) is 0. The number of benzene rings is 1. The lowest BCUT2D eigenvalue weighted by Crippen LogP contribution is -2.42. The maximum Gasteiger partial charge on any atom is 0.240 e. The summed E-state index contributed by atoms with van der Waals surface area (Å²) in [4.78, 5) is 13.7. The first-order valence-corrected chi connectivity index (χ1v) is 9.93. The highest BCUT2D eigenvalue weighted by molar-refractivity contribution is 9.10. The molecule has 0 spiro atoms. The molecule has 23 heavy (non-hydrogen) atoms. The Labute approximate surface area is 145 Å². The lowest BCUT2D eigenvalue weighted by atomic mass is 9.97. The van der Waals surface area contributed by atoms with Crippen molar-refractivity contribution in [3.8, 4) is 0 Å². The summed E-state index contributed by atoms with van der Waals surface area (Å²) in [5.74, 6) is -0.327. The van der Waals surface area contributed by atoms with Crippen molar-refractivity contribution in [1.29, 1.82) is 0 Å². The van der Waals surface area contributed by atoms with E-state index in [4.69, 9.17) is 5.73 Å². The van der Waals surface area contributed by atoms with Gasteiger partial charge in [-0.05, 0) is 50.6 Å². The first-order chi connectivity index (χ1) is 10.9. The Bertz CT molecular complexity index is 651. The fourth-order valence-corrected chi connectivity index (χ4v) is 4.39. The summed E-state index contributed by atoms with van der Waals surface area (Å²) in [7, 11) is -3.48. The number of nitrogens with two attached hydrogens (primary N) is 1. The molecule has 128 valence electrons. The van der Waals surface area contributed by atoms with E-state index in [1.165, 1.54) is 0 Å². The maximum absolute atomic E-state index is 12.2. The Hall–Kier alpha value is -0.960. The predicted molar refractivity (Wildman–Crippen MR) is 92.3 cm³/mol. The van der Waals surface area contributed by atoms with Crippen LogP contribution in [0, 0.1) is 5.92 Å². The molecule has 0 aliphatic carbocycles. The average molecular weight is 404 g/mol. The van der Waals surface area contributed by atoms with Gasteiger partial charge in [0.15, 0.2) is 0 Å². The van der Waals surface area contributed by atoms with Crippen molar-refractivity contribution in [1.82, 2.24) is 9.62 Å². The van der Waals surface area contributed by atoms with Crippen molar-refractivity contribution >= 4 is 31.9 Å². The fraction of sp³-hybridized carbons (Fsp3) is 0.533. The fourth-order valence-electron chi connectivity index (χ4n) is 2.72. The van der Waals surface area contributed by atoms with Crippen LogP contribution in [-0.2, 0) is 14.8 Å². The number of carbonyl (C=O) groups excluding carboxylic acids is 1. The number of likely N-dealkylation sites (tertiary alicyclic amines) is 1. The van der Waals surface area contributed by atoms with Crippen LogP contribution in [-0.4, -0.2) is 45.4 Å². The SMILES string of the molecule is NC(=O)C1CCCN(CCCNS(=O)(=O)c2cccc(Br)c2)C1. The molecule has 1 saturated heterocycles. The highest BCUT2D eigenvalue weighted by Crippen LogP contribution is 2.17. The lowest BCUT2D eigenvalue weighted by Gasteiger charge is -2.31. The van der Waals surface area contributed by atoms with Crippen LogP contribution in [0.15, 0.2) is 33.6 Å². The third-order valence-corrected chi connectivity index (χ3v) is 5.91. The Morgan fingerprint density at radius 3 is 2.91 bits per heavy atom. The summed E-state index contributed by atoms with van der Waals surface area (Å²) in [6.07, 6.45) is 2.50. The number of sulfonamides is 1. The second-order valence-corrected chi connectivity index (χ2v) is 8.43. The summed E-state index contributed by atoms with van der Waals surface area (Å²) in [6, 6.07) is 6.61. The van der Waals surface area contributed by atoms with Gasteiger partial charge in [0.1, 0.15) is 0 Å². The van der Waals surface area contributed by atoms with Crippen LogP contribution in [0.3, 0.4) is 0 Å². The number of amides is 1. The van der Waals surface area contributed by atoms with Gasteiger partial charge >= 0.3 is 0 Å². The van der Waals surface area contributed by atoms with E-state index in [1.54, 1.807) is 24.3 Å². The largest absolute Gasteiger partial charge is 0.369 e. The van der Waals surface area contributed by atoms with E-state index < -0.39 is 10.0 Å². The topological polar surface area (TPSA) is 92.5 Å². The number of hydrogen-bond donors (Lipinski definition) is 2. The van der Waals surface area contributed by atoms with Gasteiger partial charge in [-0.1, -0.05) is 22.0 Å². The molecule has 1 heterocycles. The predicted octanol–water partition coefficient (Wildman–Crippen LogP) is 1.31. The molecule has 1 amide bonds. The molecule has 1 unspecified atom stereocenters. The first-order valence-electron chi connectivity index (χ1n) is 7.65. The molecule has 1 aromatic rings. The van der Waals surface area contributed by atoms with Gasteiger partial charge in [0.2, 0.25) is 15.9 Å². The Balaban J connectivity index is 1.77. The molecule has 1 fully saturated rings. The third-order valence-electron chi connectivity index (χ3n) is 3.96. The van der Waals surface area contributed by atoms with Crippen molar-refractivity contribution < 1.29 is 13.2 Å². The van der Waals surface area contributed by atoms with Gasteiger partial charge in [-0.15, -0.1) is 0 Å². The number of hydrogen-bond acceptors (Lipinski definition) is 4. The van der Waals surface area contributed by atoms with Crippen LogP contribution in [0.2, 0.25) is 0 Å². The standard InChI is InChI=1S/C15H22BrN3O3S/c16-13-5-1-6-14(10-13)23(21,22)18-7-3-9-19-8-2-4-12(11-19)15(17)20/h1,5-6,10,12,18H,2-4,7-9,11H2,(H2,17,20). The zero-order chi connectivity index (χ0) is 16.9. The van der Waals surface area contributed by atoms with Gasteiger partial charge in [-0.25, -0.2) is 13.1 Å². The number of primary amides is 1. The minimum atomic E-state index is -3.48. The number of nitrogens with one attached hydrogen (secondary N) is 1. The highest BCUT2D eigenvalue weighted by atomic mass is 79.9. The molecule has 1 atom stereocenters. The smallest absolute Gasteiger partial charge is 0.240 e. The van der Waals surface area contributed by atoms with Crippen LogP contribution >= 0.6 is 15.9 Å². The molecular formula is C15H22BrN3O3S. The summed E-state index contributed by atoms with van der Waals surface area (Å²) in [5.41, 5.74) is 5.36. The van der Waals surface area contributed by atoms with E-state index in [9.17, 15) is 13.2 Å². The quantitative estimate of drug-likeness (QED) is 0.671. The van der Waals surface area contributed by atoms with E-state index >= 15 is 0 Å². The lowest BCUT2D eigenvalue weighted by molar-refractivity contribution is -0.123. The molecule has 8 heteroatoms. The molecule has 0 bridgehead atoms. The summed E-state index contributed by atoms with van der Waals surface area (Å²) >= 11 is 3.27. The van der Waals surface area contributed by atoms with Crippen molar-refractivity contribution in [2.24, 2.45) is 11.7 Å². The first kappa shape index (κ1) is 18.4. The Morgan fingerprint density at radius 2 is 2.22 bits per heavy atom. The summed E-state index contributed by atoms with van der Waals surface area (Å²) < 4.78 is 27.7. The third kappa shape index (κ3) is 5.56. The number of rotatable bonds is 7. The van der Waals surface area contributed by atoms with Crippen LogP contribution in [0.25, 0.3) is 0 Å². The van der Waals surface area contributed by atoms with Gasteiger partial charge in [0.25, 0.3) is 0 Å². The van der Waals surface area contributed by atoms with Crippen molar-refractivity contribution in [3.63, 3.8) is 0 Å². The number of carbonyl (C=O) groups is 1. The van der Waals surface area contributed by atoms with Crippen molar-refractivity contribution in [3.05, 3.63) is 28.7 Å². The van der Waals surface area contributed by atoms with E-state index in [2.05, 4.69) is 25.6 Å². The van der Waals surface area contributed by atoms with E-state index in [0.717, 1.165) is 30.4 Å². The second-order valence-electron chi connectivity index (χ2n) is 5.75. The Kier molecular flexibility index (Phi) is 6.58. The molecule has 2 rings (SSSR count). The molecule has 1 aromatic carbocycles. The average Bonchev–Trinajstić information content (AvgIpc) is 2.52. The van der Waals surface area contributed by atoms with Crippen LogP contribution < -0.4 is 10.5 Å². The van der Waals surface area contributed by atoms with E-state index in [0.29, 0.717) is 19.5 Å². The van der Waals surface area contributed by atoms with Crippen LogP contribution in [0.4, 0.5) is 0 Å². The molecule has 6 nitrogen and oxygen atoms in total. The molecule has 0 aromatic heterocycles. The van der Waals surface area contributed by atoms with E-state index in [1.807, 2.05) is 0 Å². The molecule has 1 aliphatic rings. The van der Waals surface area contributed by atoms with Crippen LogP contribution in [0.1, 0.15) is 19.3 Å². The van der Waals surface area contributed by atoms with Gasteiger partial charge in [-0.2, -0.15) is 0 Å². The van der Waals surface area contributed by atoms with Gasteiger partial charge in [-0.3, -0.25) is 4.79 Å². The minimum absolute atomic E-state index is 0.0814. The van der Waals surface area contributed by atoms with Crippen molar-refractivity contribution in [2.45, 2.75) is 24.2 Å². The molecule has 3 N–H and O–H groups in total. The number of nitrogens with zero attached hydrogens (tertiary/aromatic N) is 1. The van der Waals surface area contributed by atoms with Crippen molar-refractivity contribution in [2.75, 3.05) is 26.2 Å². The van der Waals surface area contributed by atoms with Crippen LogP contribution in [0.5, 0.6) is 0 Å². The maximum atomic E-state index is 12.2. The number of piperidine rings is 1. The highest BCUT2D eigenvalue weighted by Gasteiger charge is 2.23. The van der Waals surface area contributed by atoms with Gasteiger partial charge in [0.05, 0.1) is 10.8 Å². The van der Waals surface area contributed by atoms with Gasteiger partial charge < -0.3 is 10.6 Å². The Morgan fingerprint density at radius 1 is 1.43 bits per heavy atom. The van der Waals surface area contributed by atoms with E-state index in [-0.39, 0.29) is 16.7 Å². The number of halogens is 1. The normalized spacial score (nSPS) is 19.6.